The van der Waals surface area contributed by atoms with Crippen LogP contribution >= 0.6 is 0 Å². The van der Waals surface area contributed by atoms with Crippen molar-refractivity contribution < 1.29 is 4.74 Å². The molecule has 0 bridgehead atoms. The van der Waals surface area contributed by atoms with Crippen LogP contribution in [0.2, 0.25) is 0 Å². The van der Waals surface area contributed by atoms with E-state index < -0.39 is 0 Å². The molecule has 0 amide bonds. The molecule has 2 rings (SSSR count). The molecular formula is C16H26N2O. The summed E-state index contributed by atoms with van der Waals surface area (Å²) in [4.78, 5) is 2.50. The first kappa shape index (κ1) is 14.2. The van der Waals surface area contributed by atoms with Gasteiger partial charge in [-0.15, -0.1) is 0 Å². The van der Waals surface area contributed by atoms with Gasteiger partial charge in [-0.05, 0) is 43.5 Å². The monoisotopic (exact) mass is 262 g/mol. The van der Waals surface area contributed by atoms with Crippen molar-refractivity contribution in [3.63, 3.8) is 0 Å². The Morgan fingerprint density at radius 2 is 2.00 bits per heavy atom. The Morgan fingerprint density at radius 3 is 2.63 bits per heavy atom. The number of anilines is 1. The maximum absolute atomic E-state index is 5.51. The Bertz CT molecular complexity index is 400. The van der Waals surface area contributed by atoms with Gasteiger partial charge in [-0.3, -0.25) is 0 Å². The highest BCUT2D eigenvalue weighted by molar-refractivity contribution is 5.50. The van der Waals surface area contributed by atoms with Crippen LogP contribution in [0.15, 0.2) is 24.3 Å². The molecule has 3 nitrogen and oxygen atoms in total. The van der Waals surface area contributed by atoms with E-state index in [1.54, 1.807) is 0 Å². The highest BCUT2D eigenvalue weighted by Crippen LogP contribution is 2.27. The van der Waals surface area contributed by atoms with Crippen LogP contribution in [0.1, 0.15) is 27.7 Å². The molecule has 0 aromatic heterocycles. The molecule has 0 radical (unpaired) electrons. The van der Waals surface area contributed by atoms with Crippen molar-refractivity contribution in [2.75, 3.05) is 31.1 Å². The van der Waals surface area contributed by atoms with Crippen molar-refractivity contribution in [1.29, 1.82) is 0 Å². The molecular weight excluding hydrogens is 236 g/mol. The van der Waals surface area contributed by atoms with E-state index in [0.717, 1.165) is 32.0 Å². The standard InChI is InChI=1S/C16H26N2O/c1-5-19-15-8-6-14(7-9-15)18-12-16(3,4)11-17-10-13(18)2/h6-9,13,17H,5,10-12H2,1-4H3. The van der Waals surface area contributed by atoms with Gasteiger partial charge in [-0.2, -0.15) is 0 Å². The maximum Gasteiger partial charge on any atom is 0.119 e. The average Bonchev–Trinajstić information content (AvgIpc) is 2.50. The molecule has 0 aliphatic carbocycles. The lowest BCUT2D eigenvalue weighted by atomic mass is 9.93. The van der Waals surface area contributed by atoms with Crippen molar-refractivity contribution in [3.05, 3.63) is 24.3 Å². The van der Waals surface area contributed by atoms with Crippen LogP contribution in [0.4, 0.5) is 5.69 Å². The first-order valence-electron chi connectivity index (χ1n) is 7.22. The van der Waals surface area contributed by atoms with Gasteiger partial charge in [-0.25, -0.2) is 0 Å². The molecule has 1 heterocycles. The van der Waals surface area contributed by atoms with Gasteiger partial charge in [0.2, 0.25) is 0 Å². The third-order valence-corrected chi connectivity index (χ3v) is 3.65. The summed E-state index contributed by atoms with van der Waals surface area (Å²) in [6.07, 6.45) is 0. The summed E-state index contributed by atoms with van der Waals surface area (Å²) in [5, 5.41) is 3.55. The van der Waals surface area contributed by atoms with Crippen LogP contribution in [-0.4, -0.2) is 32.3 Å². The highest BCUT2D eigenvalue weighted by Gasteiger charge is 2.28. The number of nitrogens with zero attached hydrogens (tertiary/aromatic N) is 1. The zero-order chi connectivity index (χ0) is 13.9. The van der Waals surface area contributed by atoms with Crippen molar-refractivity contribution in [1.82, 2.24) is 5.32 Å². The molecule has 1 fully saturated rings. The molecule has 0 spiro atoms. The molecule has 1 saturated heterocycles. The van der Waals surface area contributed by atoms with Gasteiger partial charge in [0.1, 0.15) is 5.75 Å². The lowest BCUT2D eigenvalue weighted by molar-refractivity contribution is 0.340. The van der Waals surface area contributed by atoms with Crippen molar-refractivity contribution >= 4 is 5.69 Å². The second kappa shape index (κ2) is 5.83. The smallest absolute Gasteiger partial charge is 0.119 e. The molecule has 1 unspecified atom stereocenters. The molecule has 1 aromatic carbocycles. The first-order valence-corrected chi connectivity index (χ1v) is 7.22. The van der Waals surface area contributed by atoms with Crippen LogP contribution in [0.5, 0.6) is 5.75 Å². The molecule has 1 N–H and O–H groups in total. The van der Waals surface area contributed by atoms with E-state index in [1.807, 2.05) is 6.92 Å². The Hall–Kier alpha value is -1.22. The lowest BCUT2D eigenvalue weighted by Gasteiger charge is -2.34. The summed E-state index contributed by atoms with van der Waals surface area (Å²) in [5.74, 6) is 0.950. The largest absolute Gasteiger partial charge is 0.494 e. The van der Waals surface area contributed by atoms with Gasteiger partial charge in [0.25, 0.3) is 0 Å². The fourth-order valence-corrected chi connectivity index (χ4v) is 2.65. The Morgan fingerprint density at radius 1 is 1.32 bits per heavy atom. The molecule has 1 aliphatic heterocycles. The fourth-order valence-electron chi connectivity index (χ4n) is 2.65. The topological polar surface area (TPSA) is 24.5 Å². The van der Waals surface area contributed by atoms with Crippen LogP contribution in [0, 0.1) is 5.41 Å². The van der Waals surface area contributed by atoms with E-state index in [9.17, 15) is 0 Å². The van der Waals surface area contributed by atoms with E-state index in [4.69, 9.17) is 4.74 Å². The second-order valence-electron chi connectivity index (χ2n) is 6.20. The Balaban J connectivity index is 2.17. The number of hydrogen-bond acceptors (Lipinski definition) is 3. The number of rotatable bonds is 3. The molecule has 106 valence electrons. The minimum atomic E-state index is 0.295. The summed E-state index contributed by atoms with van der Waals surface area (Å²) in [5.41, 5.74) is 1.58. The third-order valence-electron chi connectivity index (χ3n) is 3.65. The minimum Gasteiger partial charge on any atom is -0.494 e. The van der Waals surface area contributed by atoms with Crippen LogP contribution in [-0.2, 0) is 0 Å². The fraction of sp³-hybridized carbons (Fsp3) is 0.625. The average molecular weight is 262 g/mol. The van der Waals surface area contributed by atoms with Gasteiger partial charge < -0.3 is 15.0 Å². The molecule has 0 saturated carbocycles. The number of nitrogens with one attached hydrogen (secondary N) is 1. The number of benzene rings is 1. The number of ether oxygens (including phenoxy) is 1. The molecule has 1 aromatic rings. The molecule has 1 atom stereocenters. The summed E-state index contributed by atoms with van der Waals surface area (Å²) in [6, 6.07) is 8.99. The lowest BCUT2D eigenvalue weighted by Crippen LogP contribution is -2.39. The van der Waals surface area contributed by atoms with E-state index in [2.05, 4.69) is 55.3 Å². The zero-order valence-electron chi connectivity index (χ0n) is 12.6. The second-order valence-corrected chi connectivity index (χ2v) is 6.20. The van der Waals surface area contributed by atoms with Gasteiger partial charge in [0, 0.05) is 31.4 Å². The predicted octanol–water partition coefficient (Wildman–Crippen LogP) is 2.91. The minimum absolute atomic E-state index is 0.295. The predicted molar refractivity (Wildman–Crippen MR) is 81.1 cm³/mol. The van der Waals surface area contributed by atoms with Crippen LogP contribution in [0.3, 0.4) is 0 Å². The van der Waals surface area contributed by atoms with Crippen LogP contribution < -0.4 is 15.0 Å². The van der Waals surface area contributed by atoms with E-state index >= 15 is 0 Å². The summed E-state index contributed by atoms with van der Waals surface area (Å²) in [7, 11) is 0. The van der Waals surface area contributed by atoms with E-state index in [1.165, 1.54) is 5.69 Å². The summed E-state index contributed by atoms with van der Waals surface area (Å²) >= 11 is 0. The van der Waals surface area contributed by atoms with Crippen molar-refractivity contribution in [2.45, 2.75) is 33.7 Å². The summed E-state index contributed by atoms with van der Waals surface area (Å²) in [6.45, 7) is 12.8. The Kier molecular flexibility index (Phi) is 4.35. The zero-order valence-corrected chi connectivity index (χ0v) is 12.6. The van der Waals surface area contributed by atoms with Crippen molar-refractivity contribution in [3.8, 4) is 5.75 Å². The van der Waals surface area contributed by atoms with E-state index in [-0.39, 0.29) is 0 Å². The van der Waals surface area contributed by atoms with Gasteiger partial charge in [0.05, 0.1) is 6.61 Å². The summed E-state index contributed by atoms with van der Waals surface area (Å²) < 4.78 is 5.51. The molecule has 3 heteroatoms. The third kappa shape index (κ3) is 3.63. The van der Waals surface area contributed by atoms with Gasteiger partial charge in [-0.1, -0.05) is 13.8 Å². The van der Waals surface area contributed by atoms with Gasteiger partial charge in [0.15, 0.2) is 0 Å². The quantitative estimate of drug-likeness (QED) is 0.906. The SMILES string of the molecule is CCOc1ccc(N2CC(C)(C)CNCC2C)cc1. The van der Waals surface area contributed by atoms with Gasteiger partial charge >= 0.3 is 0 Å². The van der Waals surface area contributed by atoms with Crippen molar-refractivity contribution in [2.24, 2.45) is 5.41 Å². The maximum atomic E-state index is 5.51. The van der Waals surface area contributed by atoms with E-state index in [0.29, 0.717) is 11.5 Å². The van der Waals surface area contributed by atoms with Crippen LogP contribution in [0.25, 0.3) is 0 Å². The Labute approximate surface area is 116 Å². The molecule has 19 heavy (non-hydrogen) atoms. The molecule has 1 aliphatic rings. The first-order chi connectivity index (χ1) is 9.02. The normalized spacial score (nSPS) is 22.9. The highest BCUT2D eigenvalue weighted by atomic mass is 16.5. The number of hydrogen-bond donors (Lipinski definition) is 1.